The van der Waals surface area contributed by atoms with Crippen molar-refractivity contribution in [3.63, 3.8) is 0 Å². The maximum absolute atomic E-state index is 10.3. The van der Waals surface area contributed by atoms with Crippen molar-refractivity contribution in [2.24, 2.45) is 0 Å². The number of unbranched alkanes of at least 4 members (excludes halogenated alkanes) is 1. The maximum atomic E-state index is 10.3. The maximum Gasteiger partial charge on any atom is 0.336 e. The highest BCUT2D eigenvalue weighted by Crippen LogP contribution is 2.15. The summed E-state index contributed by atoms with van der Waals surface area (Å²) in [6.45, 7) is 10.3. The highest BCUT2D eigenvalue weighted by molar-refractivity contribution is 5.88. The molecule has 0 saturated heterocycles. The lowest BCUT2D eigenvalue weighted by Crippen LogP contribution is -2.44. The Morgan fingerprint density at radius 3 is 1.58 bits per heavy atom. The van der Waals surface area contributed by atoms with Gasteiger partial charge in [0.1, 0.15) is 5.72 Å². The monoisotopic (exact) mass is 451 g/mol. The third-order valence-electron chi connectivity index (χ3n) is 3.85. The van der Waals surface area contributed by atoms with Crippen molar-refractivity contribution in [1.82, 2.24) is 5.32 Å². The fourth-order valence-corrected chi connectivity index (χ4v) is 2.11. The predicted octanol–water partition coefficient (Wildman–Crippen LogP) is 1.67. The number of hydrogen-bond donors (Lipinski definition) is 7. The molecule has 11 heteroatoms. The molecule has 0 heterocycles. The first-order valence-electron chi connectivity index (χ1n) is 9.92. The molecule has 182 valence electrons. The zero-order valence-electron chi connectivity index (χ0n) is 18.5. The fourth-order valence-electron chi connectivity index (χ4n) is 2.11. The SMILES string of the molecule is C=CCNC(O)(CC)CCC.CCCCC(=O)O.O=C(O)CC(O)(CC(=O)O)C(=O)O. The number of carbonyl (C=O) groups is 4. The molecular formula is C20H37NO10. The first-order valence-corrected chi connectivity index (χ1v) is 9.92. The normalized spacial score (nSPS) is 12.2. The smallest absolute Gasteiger partial charge is 0.336 e. The van der Waals surface area contributed by atoms with Crippen LogP contribution < -0.4 is 5.32 Å². The van der Waals surface area contributed by atoms with Crippen molar-refractivity contribution in [2.45, 2.75) is 83.5 Å². The lowest BCUT2D eigenvalue weighted by atomic mass is 9.96. The molecule has 0 fully saturated rings. The minimum Gasteiger partial charge on any atom is -0.481 e. The van der Waals surface area contributed by atoms with E-state index in [1.165, 1.54) is 0 Å². The summed E-state index contributed by atoms with van der Waals surface area (Å²) in [5, 5.41) is 54.7. The lowest BCUT2D eigenvalue weighted by Gasteiger charge is -2.27. The number of aliphatic hydroxyl groups is 2. The minimum absolute atomic E-state index is 0.316. The van der Waals surface area contributed by atoms with Gasteiger partial charge in [-0.05, 0) is 19.3 Å². The molecule has 31 heavy (non-hydrogen) atoms. The molecule has 11 nitrogen and oxygen atoms in total. The number of carboxylic acid groups (broad SMARTS) is 4. The number of aliphatic carboxylic acids is 4. The van der Waals surface area contributed by atoms with Crippen LogP contribution in [0.15, 0.2) is 12.7 Å². The van der Waals surface area contributed by atoms with Gasteiger partial charge in [-0.2, -0.15) is 0 Å². The second kappa shape index (κ2) is 18.3. The Bertz CT molecular complexity index is 548. The van der Waals surface area contributed by atoms with Crippen molar-refractivity contribution < 1.29 is 49.8 Å². The molecule has 1 unspecified atom stereocenters. The Morgan fingerprint density at radius 2 is 1.35 bits per heavy atom. The van der Waals surface area contributed by atoms with E-state index in [0.29, 0.717) is 13.0 Å². The molecule has 0 aliphatic carbocycles. The number of hydrogen-bond acceptors (Lipinski definition) is 7. The lowest BCUT2D eigenvalue weighted by molar-refractivity contribution is -0.170. The first kappa shape index (κ1) is 33.1. The molecule has 0 aliphatic rings. The third-order valence-corrected chi connectivity index (χ3v) is 3.85. The number of carboxylic acids is 4. The van der Waals surface area contributed by atoms with E-state index in [1.54, 1.807) is 6.08 Å². The molecule has 0 aromatic carbocycles. The van der Waals surface area contributed by atoms with E-state index in [4.69, 9.17) is 25.5 Å². The summed E-state index contributed by atoms with van der Waals surface area (Å²) in [5.74, 6) is -5.71. The standard InChI is InChI=1S/C9H19NO.C6H8O7.C5H10O2/c1-4-7-9(11,6-3)10-8-5-2;7-3(8)1-6(13,5(11)12)2-4(9)10;1-2-3-4-5(6)7/h5,10-11H,2,4,6-8H2,1,3H3;13H,1-2H2,(H,7,8)(H,9,10)(H,11,12);2-4H2,1H3,(H,6,7). The van der Waals surface area contributed by atoms with Gasteiger partial charge in [-0.3, -0.25) is 19.7 Å². The van der Waals surface area contributed by atoms with Crippen molar-refractivity contribution in [3.8, 4) is 0 Å². The van der Waals surface area contributed by atoms with E-state index >= 15 is 0 Å². The van der Waals surface area contributed by atoms with Crippen LogP contribution in [-0.2, 0) is 19.2 Å². The summed E-state index contributed by atoms with van der Waals surface area (Å²) in [6.07, 6.45) is 4.10. The molecule has 7 N–H and O–H groups in total. The average molecular weight is 452 g/mol. The molecule has 0 aromatic heterocycles. The topological polar surface area (TPSA) is 202 Å². The molecule has 0 aromatic rings. The van der Waals surface area contributed by atoms with Gasteiger partial charge >= 0.3 is 23.9 Å². The van der Waals surface area contributed by atoms with E-state index in [9.17, 15) is 24.3 Å². The molecule has 0 aliphatic heterocycles. The zero-order valence-corrected chi connectivity index (χ0v) is 18.5. The van der Waals surface area contributed by atoms with Crippen molar-refractivity contribution >= 4 is 23.9 Å². The third kappa shape index (κ3) is 20.5. The second-order valence-corrected chi connectivity index (χ2v) is 6.78. The molecule has 0 spiro atoms. The van der Waals surface area contributed by atoms with E-state index in [1.807, 2.05) is 13.8 Å². The summed E-state index contributed by atoms with van der Waals surface area (Å²) in [4.78, 5) is 40.2. The van der Waals surface area contributed by atoms with Crippen LogP contribution in [0.3, 0.4) is 0 Å². The van der Waals surface area contributed by atoms with E-state index in [2.05, 4.69) is 18.8 Å². The largest absolute Gasteiger partial charge is 0.481 e. The van der Waals surface area contributed by atoms with Crippen molar-refractivity contribution in [3.05, 3.63) is 12.7 Å². The molecule has 0 amide bonds. The number of rotatable bonds is 14. The van der Waals surface area contributed by atoms with Gasteiger partial charge in [0.05, 0.1) is 12.8 Å². The predicted molar refractivity (Wildman–Crippen MR) is 113 cm³/mol. The quantitative estimate of drug-likeness (QED) is 0.149. The average Bonchev–Trinajstić information content (AvgIpc) is 2.64. The summed E-state index contributed by atoms with van der Waals surface area (Å²) in [6, 6.07) is 0. The van der Waals surface area contributed by atoms with Crippen molar-refractivity contribution in [2.75, 3.05) is 6.54 Å². The van der Waals surface area contributed by atoms with Gasteiger partial charge in [-0.1, -0.05) is 39.7 Å². The molecular weight excluding hydrogens is 414 g/mol. The highest BCUT2D eigenvalue weighted by atomic mass is 16.4. The van der Waals surface area contributed by atoms with Gasteiger partial charge in [-0.15, -0.1) is 6.58 Å². The second-order valence-electron chi connectivity index (χ2n) is 6.78. The highest BCUT2D eigenvalue weighted by Gasteiger charge is 2.40. The van der Waals surface area contributed by atoms with Crippen LogP contribution >= 0.6 is 0 Å². The molecule has 1 atom stereocenters. The van der Waals surface area contributed by atoms with Crippen LogP contribution in [0.4, 0.5) is 0 Å². The fraction of sp³-hybridized carbons (Fsp3) is 0.700. The Morgan fingerprint density at radius 1 is 0.871 bits per heavy atom. The molecule has 0 bridgehead atoms. The van der Waals surface area contributed by atoms with Crippen molar-refractivity contribution in [1.29, 1.82) is 0 Å². The van der Waals surface area contributed by atoms with Crippen LogP contribution in [0, 0.1) is 0 Å². The van der Waals surface area contributed by atoms with Gasteiger partial charge in [0.2, 0.25) is 0 Å². The van der Waals surface area contributed by atoms with Crippen LogP contribution in [-0.4, -0.2) is 72.4 Å². The molecule has 0 saturated carbocycles. The zero-order chi connectivity index (χ0) is 25.1. The van der Waals surface area contributed by atoms with Gasteiger partial charge in [0.15, 0.2) is 5.60 Å². The Balaban J connectivity index is -0.000000397. The van der Waals surface area contributed by atoms with Crippen LogP contribution in [0.2, 0.25) is 0 Å². The van der Waals surface area contributed by atoms with Gasteiger partial charge in [0.25, 0.3) is 0 Å². The van der Waals surface area contributed by atoms with Crippen LogP contribution in [0.5, 0.6) is 0 Å². The Labute approximate surface area is 182 Å². The summed E-state index contributed by atoms with van der Waals surface area (Å²) in [7, 11) is 0. The van der Waals surface area contributed by atoms with Gasteiger partial charge in [-0.25, -0.2) is 4.79 Å². The molecule has 0 radical (unpaired) electrons. The van der Waals surface area contributed by atoms with E-state index < -0.39 is 48.0 Å². The van der Waals surface area contributed by atoms with Gasteiger partial charge < -0.3 is 30.6 Å². The molecule has 0 rings (SSSR count). The number of nitrogens with one attached hydrogen (secondary N) is 1. The van der Waals surface area contributed by atoms with Gasteiger partial charge in [0, 0.05) is 13.0 Å². The summed E-state index contributed by atoms with van der Waals surface area (Å²) in [5.41, 5.74) is -3.42. The van der Waals surface area contributed by atoms with Crippen LogP contribution in [0.1, 0.15) is 72.1 Å². The minimum atomic E-state index is -2.74. The summed E-state index contributed by atoms with van der Waals surface area (Å²) < 4.78 is 0. The summed E-state index contributed by atoms with van der Waals surface area (Å²) >= 11 is 0. The van der Waals surface area contributed by atoms with Crippen LogP contribution in [0.25, 0.3) is 0 Å². The first-order chi connectivity index (χ1) is 14.2. The van der Waals surface area contributed by atoms with E-state index in [0.717, 1.165) is 32.1 Å². The Kier molecular flexibility index (Phi) is 19.5. The Hall–Kier alpha value is -2.50. The van der Waals surface area contributed by atoms with E-state index in [-0.39, 0.29) is 0 Å².